The van der Waals surface area contributed by atoms with E-state index in [1.165, 1.54) is 60.5 Å². The van der Waals surface area contributed by atoms with Gasteiger partial charge in [-0.2, -0.15) is 0 Å². The van der Waals surface area contributed by atoms with Crippen molar-refractivity contribution in [3.63, 3.8) is 0 Å². The van der Waals surface area contributed by atoms with E-state index in [0.29, 0.717) is 5.92 Å². The number of benzene rings is 6. The van der Waals surface area contributed by atoms with Gasteiger partial charge in [-0.3, -0.25) is 0 Å². The van der Waals surface area contributed by atoms with E-state index in [1.54, 1.807) is 0 Å². The summed E-state index contributed by atoms with van der Waals surface area (Å²) in [5.74, 6) is 0.527. The molecule has 0 unspecified atom stereocenters. The van der Waals surface area contributed by atoms with E-state index in [2.05, 4.69) is 141 Å². The molecule has 35 heavy (non-hydrogen) atoms. The lowest BCUT2D eigenvalue weighted by Crippen LogP contribution is -1.90. The molecule has 168 valence electrons. The van der Waals surface area contributed by atoms with Gasteiger partial charge < -0.3 is 0 Å². The van der Waals surface area contributed by atoms with Crippen LogP contribution in [0.2, 0.25) is 0 Å². The fraction of sp³-hybridized carbons (Fsp3) is 0.0857. The minimum atomic E-state index is 0.527. The van der Waals surface area contributed by atoms with Crippen LogP contribution in [0.1, 0.15) is 25.3 Å². The molecule has 0 N–H and O–H groups in total. The van der Waals surface area contributed by atoms with Crippen LogP contribution in [0.15, 0.2) is 127 Å². The highest BCUT2D eigenvalue weighted by Gasteiger charge is 2.12. The Balaban J connectivity index is 1.62. The first-order chi connectivity index (χ1) is 17.2. The van der Waals surface area contributed by atoms with Crippen LogP contribution in [0.25, 0.3) is 54.9 Å². The predicted molar refractivity (Wildman–Crippen MR) is 152 cm³/mol. The monoisotopic (exact) mass is 448 g/mol. The number of hydrogen-bond donors (Lipinski definition) is 0. The molecule has 0 atom stereocenters. The third-order valence-electron chi connectivity index (χ3n) is 7.03. The lowest BCUT2D eigenvalue weighted by Gasteiger charge is -2.15. The van der Waals surface area contributed by atoms with E-state index >= 15 is 0 Å². The van der Waals surface area contributed by atoms with Crippen molar-refractivity contribution in [1.82, 2.24) is 0 Å². The SMILES string of the molecule is CC(C)c1ccc(-c2cc(-c3ccccc3)cc(-c3cc4ccccc4c4ccccc34)c2)cc1. The summed E-state index contributed by atoms with van der Waals surface area (Å²) in [7, 11) is 0. The second-order valence-electron chi connectivity index (χ2n) is 9.63. The average molecular weight is 449 g/mol. The summed E-state index contributed by atoms with van der Waals surface area (Å²) in [6.07, 6.45) is 0. The molecule has 0 aliphatic rings. The van der Waals surface area contributed by atoms with E-state index in [0.717, 1.165) is 0 Å². The van der Waals surface area contributed by atoms with Crippen molar-refractivity contribution < 1.29 is 0 Å². The molecule has 0 fully saturated rings. The Kier molecular flexibility index (Phi) is 5.43. The molecular formula is C35H28. The normalized spacial score (nSPS) is 11.4. The first-order valence-electron chi connectivity index (χ1n) is 12.4. The molecule has 0 aliphatic carbocycles. The molecular weight excluding hydrogens is 420 g/mol. The van der Waals surface area contributed by atoms with Crippen LogP contribution < -0.4 is 0 Å². The summed E-state index contributed by atoms with van der Waals surface area (Å²) in [5, 5.41) is 5.16. The van der Waals surface area contributed by atoms with Crippen molar-refractivity contribution in [3.05, 3.63) is 133 Å². The highest BCUT2D eigenvalue weighted by atomic mass is 14.2. The zero-order valence-corrected chi connectivity index (χ0v) is 20.2. The second kappa shape index (κ2) is 8.89. The summed E-state index contributed by atoms with van der Waals surface area (Å²) in [4.78, 5) is 0. The van der Waals surface area contributed by atoms with E-state index in [1.807, 2.05) is 0 Å². The van der Waals surface area contributed by atoms with Crippen LogP contribution in [0.5, 0.6) is 0 Å². The van der Waals surface area contributed by atoms with Gasteiger partial charge in [0.25, 0.3) is 0 Å². The van der Waals surface area contributed by atoms with Crippen LogP contribution in [0, 0.1) is 0 Å². The summed E-state index contributed by atoms with van der Waals surface area (Å²) < 4.78 is 0. The summed E-state index contributed by atoms with van der Waals surface area (Å²) >= 11 is 0. The minimum absolute atomic E-state index is 0.527. The zero-order valence-electron chi connectivity index (χ0n) is 20.2. The Morgan fingerprint density at radius 3 is 1.63 bits per heavy atom. The molecule has 0 saturated carbocycles. The molecule has 0 heterocycles. The van der Waals surface area contributed by atoms with Crippen LogP contribution >= 0.6 is 0 Å². The quantitative estimate of drug-likeness (QED) is 0.235. The second-order valence-corrected chi connectivity index (χ2v) is 9.63. The molecule has 0 saturated heterocycles. The predicted octanol–water partition coefficient (Wildman–Crippen LogP) is 10.1. The molecule has 0 radical (unpaired) electrons. The summed E-state index contributed by atoms with van der Waals surface area (Å²) in [6, 6.07) is 46.6. The first-order valence-corrected chi connectivity index (χ1v) is 12.4. The highest BCUT2D eigenvalue weighted by Crippen LogP contribution is 2.39. The molecule has 0 bridgehead atoms. The maximum Gasteiger partial charge on any atom is -0.00986 e. The van der Waals surface area contributed by atoms with Crippen LogP contribution in [0.3, 0.4) is 0 Å². The Hall–Kier alpha value is -4.16. The van der Waals surface area contributed by atoms with E-state index in [-0.39, 0.29) is 0 Å². The smallest absolute Gasteiger partial charge is 0.00986 e. The topological polar surface area (TPSA) is 0 Å². The third-order valence-corrected chi connectivity index (χ3v) is 7.03. The van der Waals surface area contributed by atoms with Crippen molar-refractivity contribution in [2.45, 2.75) is 19.8 Å². The average Bonchev–Trinajstić information content (AvgIpc) is 2.93. The van der Waals surface area contributed by atoms with E-state index < -0.39 is 0 Å². The first kappa shape index (κ1) is 21.4. The number of rotatable bonds is 4. The fourth-order valence-corrected chi connectivity index (χ4v) is 5.10. The van der Waals surface area contributed by atoms with Crippen LogP contribution in [0.4, 0.5) is 0 Å². The molecule has 6 aromatic rings. The van der Waals surface area contributed by atoms with Crippen molar-refractivity contribution in [1.29, 1.82) is 0 Å². The van der Waals surface area contributed by atoms with Gasteiger partial charge in [-0.05, 0) is 90.7 Å². The molecule has 6 aromatic carbocycles. The number of hydrogen-bond acceptors (Lipinski definition) is 0. The Labute approximate surface area is 207 Å². The summed E-state index contributed by atoms with van der Waals surface area (Å²) in [6.45, 7) is 4.49. The lowest BCUT2D eigenvalue weighted by molar-refractivity contribution is 0.867. The third kappa shape index (κ3) is 4.02. The van der Waals surface area contributed by atoms with Gasteiger partial charge in [0.1, 0.15) is 0 Å². The van der Waals surface area contributed by atoms with Crippen LogP contribution in [-0.4, -0.2) is 0 Å². The van der Waals surface area contributed by atoms with Gasteiger partial charge in [-0.25, -0.2) is 0 Å². The largest absolute Gasteiger partial charge is 0.0622 e. The summed E-state index contributed by atoms with van der Waals surface area (Å²) in [5.41, 5.74) is 8.86. The minimum Gasteiger partial charge on any atom is -0.0622 e. The lowest BCUT2D eigenvalue weighted by atomic mass is 9.89. The van der Waals surface area contributed by atoms with E-state index in [4.69, 9.17) is 0 Å². The van der Waals surface area contributed by atoms with Crippen molar-refractivity contribution in [2.24, 2.45) is 0 Å². The maximum atomic E-state index is 2.35. The van der Waals surface area contributed by atoms with Crippen LogP contribution in [-0.2, 0) is 0 Å². The number of fused-ring (bicyclic) bond motifs is 3. The van der Waals surface area contributed by atoms with Gasteiger partial charge in [0.15, 0.2) is 0 Å². The molecule has 0 amide bonds. The standard InChI is InChI=1S/C35H28/c1-24(2)25-16-18-27(19-17-25)30-20-29(26-10-4-3-5-11-26)21-31(22-30)35-23-28-12-6-7-13-32(28)33-14-8-9-15-34(33)35/h3-24H,1-2H3. The highest BCUT2D eigenvalue weighted by molar-refractivity contribution is 6.14. The Morgan fingerprint density at radius 1 is 0.400 bits per heavy atom. The molecule has 0 spiro atoms. The van der Waals surface area contributed by atoms with Crippen molar-refractivity contribution in [3.8, 4) is 33.4 Å². The van der Waals surface area contributed by atoms with Gasteiger partial charge >= 0.3 is 0 Å². The maximum absolute atomic E-state index is 2.35. The molecule has 0 nitrogen and oxygen atoms in total. The van der Waals surface area contributed by atoms with Crippen molar-refractivity contribution in [2.75, 3.05) is 0 Å². The Bertz CT molecular complexity index is 1640. The molecule has 0 heteroatoms. The van der Waals surface area contributed by atoms with Gasteiger partial charge in [-0.1, -0.05) is 117 Å². The van der Waals surface area contributed by atoms with Crippen molar-refractivity contribution >= 4 is 21.5 Å². The van der Waals surface area contributed by atoms with Gasteiger partial charge in [0, 0.05) is 0 Å². The van der Waals surface area contributed by atoms with Gasteiger partial charge in [0.05, 0.1) is 0 Å². The molecule has 6 rings (SSSR count). The van der Waals surface area contributed by atoms with Gasteiger partial charge in [-0.15, -0.1) is 0 Å². The van der Waals surface area contributed by atoms with E-state index in [9.17, 15) is 0 Å². The molecule has 0 aromatic heterocycles. The Morgan fingerprint density at radius 2 is 0.943 bits per heavy atom. The fourth-order valence-electron chi connectivity index (χ4n) is 5.10. The zero-order chi connectivity index (χ0) is 23.8. The van der Waals surface area contributed by atoms with Gasteiger partial charge in [0.2, 0.25) is 0 Å². The molecule has 0 aliphatic heterocycles.